The van der Waals surface area contributed by atoms with E-state index in [0.717, 1.165) is 0 Å². The number of carbonyl (C=O) groups is 4. The number of H-pyrrole nitrogens is 1. The van der Waals surface area contributed by atoms with E-state index in [1.165, 1.54) is 36.4 Å². The van der Waals surface area contributed by atoms with Crippen molar-refractivity contribution in [3.8, 4) is 0 Å². The third-order valence-electron chi connectivity index (χ3n) is 4.46. The van der Waals surface area contributed by atoms with Gasteiger partial charge in [-0.05, 0) is 42.8 Å². The number of nitrogens with one attached hydrogen (secondary N) is 3. The van der Waals surface area contributed by atoms with Gasteiger partial charge in [-0.2, -0.15) is 0 Å². The molecule has 0 saturated carbocycles. The SMILES string of the molecule is Nc1nc2ccc(C(=O)Nc3ccc(C(=O)NC(CCC(=O)O)C(=O)O)cc3)nc2c(=O)[nH]1. The van der Waals surface area contributed by atoms with Gasteiger partial charge in [0.2, 0.25) is 5.95 Å². The highest BCUT2D eigenvalue weighted by Gasteiger charge is 2.21. The van der Waals surface area contributed by atoms with Crippen molar-refractivity contribution in [1.29, 1.82) is 0 Å². The van der Waals surface area contributed by atoms with E-state index in [1.54, 1.807) is 0 Å². The van der Waals surface area contributed by atoms with E-state index < -0.39 is 41.8 Å². The van der Waals surface area contributed by atoms with Gasteiger partial charge in [-0.15, -0.1) is 0 Å². The zero-order chi connectivity index (χ0) is 24.1. The molecule has 1 aromatic carbocycles. The molecule has 2 amide bonds. The monoisotopic (exact) mass is 454 g/mol. The fourth-order valence-corrected chi connectivity index (χ4v) is 2.84. The van der Waals surface area contributed by atoms with Gasteiger partial charge >= 0.3 is 11.9 Å². The van der Waals surface area contributed by atoms with Crippen molar-refractivity contribution < 1.29 is 29.4 Å². The van der Waals surface area contributed by atoms with Crippen LogP contribution in [0.2, 0.25) is 0 Å². The van der Waals surface area contributed by atoms with E-state index in [0.29, 0.717) is 5.69 Å². The number of benzene rings is 1. The summed E-state index contributed by atoms with van der Waals surface area (Å²) in [6, 6.07) is 6.97. The van der Waals surface area contributed by atoms with Crippen LogP contribution in [0.5, 0.6) is 0 Å². The molecule has 0 spiro atoms. The summed E-state index contributed by atoms with van der Waals surface area (Å²) in [6.45, 7) is 0. The predicted molar refractivity (Wildman–Crippen MR) is 115 cm³/mol. The average molecular weight is 454 g/mol. The van der Waals surface area contributed by atoms with Gasteiger partial charge < -0.3 is 26.6 Å². The molecule has 170 valence electrons. The molecule has 0 fully saturated rings. The van der Waals surface area contributed by atoms with Crippen molar-refractivity contribution in [3.05, 3.63) is 58.0 Å². The van der Waals surface area contributed by atoms with Gasteiger partial charge in [0.05, 0.1) is 5.52 Å². The summed E-state index contributed by atoms with van der Waals surface area (Å²) < 4.78 is 0. The van der Waals surface area contributed by atoms with Crippen LogP contribution in [0.25, 0.3) is 11.0 Å². The summed E-state index contributed by atoms with van der Waals surface area (Å²) in [6.07, 6.45) is -0.686. The Kier molecular flexibility index (Phi) is 6.62. The Labute approximate surface area is 184 Å². The largest absolute Gasteiger partial charge is 0.481 e. The molecule has 13 nitrogen and oxygen atoms in total. The number of nitrogens with zero attached hydrogens (tertiary/aromatic N) is 2. The number of hydrogen-bond donors (Lipinski definition) is 6. The lowest BCUT2D eigenvalue weighted by molar-refractivity contribution is -0.140. The lowest BCUT2D eigenvalue weighted by Crippen LogP contribution is -2.41. The summed E-state index contributed by atoms with van der Waals surface area (Å²) in [7, 11) is 0. The first-order valence-electron chi connectivity index (χ1n) is 9.47. The van der Waals surface area contributed by atoms with Crippen LogP contribution in [0.4, 0.5) is 11.6 Å². The number of aliphatic carboxylic acids is 2. The second-order valence-electron chi connectivity index (χ2n) is 6.84. The molecule has 1 unspecified atom stereocenters. The van der Waals surface area contributed by atoms with Crippen molar-refractivity contribution in [2.45, 2.75) is 18.9 Å². The Balaban J connectivity index is 1.68. The van der Waals surface area contributed by atoms with Gasteiger partial charge in [-0.25, -0.2) is 14.8 Å². The van der Waals surface area contributed by atoms with Crippen LogP contribution in [0.15, 0.2) is 41.2 Å². The summed E-state index contributed by atoms with van der Waals surface area (Å²) in [5, 5.41) is 22.6. The van der Waals surface area contributed by atoms with E-state index in [1.807, 2.05) is 0 Å². The van der Waals surface area contributed by atoms with Crippen LogP contribution >= 0.6 is 0 Å². The maximum atomic E-state index is 12.5. The zero-order valence-corrected chi connectivity index (χ0v) is 16.9. The molecule has 7 N–H and O–H groups in total. The fraction of sp³-hybridized carbons (Fsp3) is 0.150. The molecular formula is C20H18N6O7. The third kappa shape index (κ3) is 5.66. The van der Waals surface area contributed by atoms with Crippen molar-refractivity contribution >= 4 is 46.4 Å². The van der Waals surface area contributed by atoms with Crippen molar-refractivity contribution in [2.75, 3.05) is 11.1 Å². The van der Waals surface area contributed by atoms with Gasteiger partial charge in [0.1, 0.15) is 11.7 Å². The number of rotatable bonds is 8. The summed E-state index contributed by atoms with van der Waals surface area (Å²) >= 11 is 0. The summed E-state index contributed by atoms with van der Waals surface area (Å²) in [4.78, 5) is 68.8. The fourth-order valence-electron chi connectivity index (χ4n) is 2.84. The topological polar surface area (TPSA) is 217 Å². The van der Waals surface area contributed by atoms with Crippen molar-refractivity contribution in [2.24, 2.45) is 0 Å². The zero-order valence-electron chi connectivity index (χ0n) is 16.9. The Morgan fingerprint density at radius 1 is 1.00 bits per heavy atom. The van der Waals surface area contributed by atoms with Gasteiger partial charge in [-0.3, -0.25) is 24.2 Å². The first kappa shape index (κ1) is 22.9. The number of carboxylic acids is 2. The third-order valence-corrected chi connectivity index (χ3v) is 4.46. The number of amides is 2. The molecule has 33 heavy (non-hydrogen) atoms. The molecule has 3 aromatic rings. The molecule has 0 aliphatic carbocycles. The highest BCUT2D eigenvalue weighted by molar-refractivity contribution is 6.04. The number of pyridine rings is 1. The summed E-state index contributed by atoms with van der Waals surface area (Å²) in [5.74, 6) is -3.94. The number of fused-ring (bicyclic) bond motifs is 1. The van der Waals surface area contributed by atoms with Crippen LogP contribution in [0, 0.1) is 0 Å². The first-order chi connectivity index (χ1) is 15.6. The van der Waals surface area contributed by atoms with E-state index in [2.05, 4.69) is 25.6 Å². The average Bonchev–Trinajstić information content (AvgIpc) is 2.76. The highest BCUT2D eigenvalue weighted by atomic mass is 16.4. The number of carbonyl (C=O) groups excluding carboxylic acids is 2. The van der Waals surface area contributed by atoms with E-state index >= 15 is 0 Å². The van der Waals surface area contributed by atoms with Crippen LogP contribution in [-0.4, -0.2) is 55.0 Å². The predicted octanol–water partition coefficient (Wildman–Crippen LogP) is 0.200. The maximum Gasteiger partial charge on any atom is 0.326 e. The molecular weight excluding hydrogens is 436 g/mol. The van der Waals surface area contributed by atoms with Crippen molar-refractivity contribution in [1.82, 2.24) is 20.3 Å². The minimum Gasteiger partial charge on any atom is -0.481 e. The van der Waals surface area contributed by atoms with Crippen LogP contribution in [0.3, 0.4) is 0 Å². The van der Waals surface area contributed by atoms with E-state index in [9.17, 15) is 24.0 Å². The van der Waals surface area contributed by atoms with E-state index in [-0.39, 0.29) is 34.7 Å². The molecule has 0 bridgehead atoms. The molecule has 0 aliphatic rings. The quantitative estimate of drug-likeness (QED) is 0.271. The molecule has 1 atom stereocenters. The Bertz CT molecular complexity index is 1300. The van der Waals surface area contributed by atoms with Crippen LogP contribution in [0.1, 0.15) is 33.7 Å². The van der Waals surface area contributed by atoms with Crippen LogP contribution in [-0.2, 0) is 9.59 Å². The lowest BCUT2D eigenvalue weighted by Gasteiger charge is -2.13. The standard InChI is InChI=1S/C20H18N6O7/c21-20-25-11-5-6-12(23-15(11)18(31)26-20)17(30)22-10-3-1-9(2-4-10)16(29)24-13(19(32)33)7-8-14(27)28/h1-6,13H,7-8H2,(H,22,30)(H,24,29)(H,27,28)(H,32,33)(H3,21,25,26,31). The number of aromatic amines is 1. The van der Waals surface area contributed by atoms with Gasteiger partial charge in [0, 0.05) is 17.7 Å². The van der Waals surface area contributed by atoms with Gasteiger partial charge in [0.25, 0.3) is 17.4 Å². The van der Waals surface area contributed by atoms with E-state index in [4.69, 9.17) is 15.9 Å². The van der Waals surface area contributed by atoms with Gasteiger partial charge in [0.15, 0.2) is 5.52 Å². The number of hydrogen-bond acceptors (Lipinski definition) is 8. The van der Waals surface area contributed by atoms with Gasteiger partial charge in [-0.1, -0.05) is 0 Å². The smallest absolute Gasteiger partial charge is 0.326 e. The number of nitrogens with two attached hydrogens (primary N) is 1. The lowest BCUT2D eigenvalue weighted by atomic mass is 10.1. The molecule has 0 aliphatic heterocycles. The Morgan fingerprint density at radius 3 is 2.33 bits per heavy atom. The molecule has 0 saturated heterocycles. The molecule has 13 heteroatoms. The highest BCUT2D eigenvalue weighted by Crippen LogP contribution is 2.13. The Morgan fingerprint density at radius 2 is 1.70 bits per heavy atom. The maximum absolute atomic E-state index is 12.5. The summed E-state index contributed by atoms with van der Waals surface area (Å²) in [5.41, 5.74) is 5.41. The molecule has 2 aromatic heterocycles. The molecule has 0 radical (unpaired) electrons. The molecule has 3 rings (SSSR count). The number of carboxylic acid groups (broad SMARTS) is 2. The number of anilines is 2. The van der Waals surface area contributed by atoms with Crippen molar-refractivity contribution in [3.63, 3.8) is 0 Å². The Hall–Kier alpha value is -4.81. The minimum atomic E-state index is -1.36. The molecule has 2 heterocycles. The number of nitrogen functional groups attached to an aromatic ring is 1. The second-order valence-corrected chi connectivity index (χ2v) is 6.84. The second kappa shape index (κ2) is 9.55. The normalized spacial score (nSPS) is 11.5. The number of aromatic nitrogens is 3. The minimum absolute atomic E-state index is 0.0517. The first-order valence-corrected chi connectivity index (χ1v) is 9.47. The van der Waals surface area contributed by atoms with Crippen LogP contribution < -0.4 is 21.9 Å².